The van der Waals surface area contributed by atoms with Gasteiger partial charge in [-0.2, -0.15) is 8.73 Å². The highest BCUT2D eigenvalue weighted by Crippen LogP contribution is 2.47. The Hall–Kier alpha value is -1.64. The average molecular weight is 335 g/mol. The van der Waals surface area contributed by atoms with Gasteiger partial charge in [0, 0.05) is 0 Å². The van der Waals surface area contributed by atoms with E-state index in [2.05, 4.69) is 19.4 Å². The van der Waals surface area contributed by atoms with Crippen molar-refractivity contribution in [3.8, 4) is 0 Å². The lowest BCUT2D eigenvalue weighted by molar-refractivity contribution is -0.138. The number of nitrogens with one attached hydrogen (secondary N) is 2. The molecule has 1 aliphatic rings. The SMILES string of the molecule is C[C@H](NC(=O)Nc1c(Cl)cc(Cl)c2c1N=S=N2)C(=O)O. The summed E-state index contributed by atoms with van der Waals surface area (Å²) in [6.07, 6.45) is 0. The fourth-order valence-corrected chi connectivity index (χ4v) is 2.56. The van der Waals surface area contributed by atoms with Gasteiger partial charge >= 0.3 is 12.0 Å². The van der Waals surface area contributed by atoms with Gasteiger partial charge < -0.3 is 15.7 Å². The third-order valence-corrected chi connectivity index (χ3v) is 3.52. The van der Waals surface area contributed by atoms with E-state index in [9.17, 15) is 9.59 Å². The zero-order valence-electron chi connectivity index (χ0n) is 9.98. The number of hydrogen-bond donors (Lipinski definition) is 3. The van der Waals surface area contributed by atoms with Crippen LogP contribution in [0.15, 0.2) is 14.8 Å². The predicted octanol–water partition coefficient (Wildman–Crippen LogP) is 3.31. The first-order valence-electron chi connectivity index (χ1n) is 5.30. The van der Waals surface area contributed by atoms with Crippen LogP contribution in [0.2, 0.25) is 10.0 Å². The molecule has 1 atom stereocenters. The number of aliphatic carboxylic acids is 1. The van der Waals surface area contributed by atoms with Crippen LogP contribution in [0.5, 0.6) is 0 Å². The number of carboxylic acids is 1. The standard InChI is InChI=1S/C10H8Cl2N4O3S/c1-3(9(17)18)13-10(19)14-6-4(11)2-5(12)7-8(6)16-20-15-7/h2-3H,1H3,(H,17,18)(H2,13,14,19)/t3-/m0/s1. The Balaban J connectivity index is 2.23. The molecular weight excluding hydrogens is 327 g/mol. The van der Waals surface area contributed by atoms with E-state index in [1.54, 1.807) is 0 Å². The van der Waals surface area contributed by atoms with Crippen molar-refractivity contribution >= 4 is 63.6 Å². The molecule has 10 heteroatoms. The summed E-state index contributed by atoms with van der Waals surface area (Å²) in [5.41, 5.74) is 1.00. The number of amides is 2. The molecule has 0 saturated heterocycles. The van der Waals surface area contributed by atoms with Crippen molar-refractivity contribution < 1.29 is 14.7 Å². The number of anilines is 1. The molecule has 1 heterocycles. The van der Waals surface area contributed by atoms with Crippen LogP contribution in [0.1, 0.15) is 6.92 Å². The lowest BCUT2D eigenvalue weighted by Gasteiger charge is -2.13. The topological polar surface area (TPSA) is 103 Å². The van der Waals surface area contributed by atoms with Crippen molar-refractivity contribution in [3.63, 3.8) is 0 Å². The first-order chi connectivity index (χ1) is 9.40. The summed E-state index contributed by atoms with van der Waals surface area (Å²) in [4.78, 5) is 22.4. The highest BCUT2D eigenvalue weighted by atomic mass is 35.5. The number of urea groups is 1. The Labute approximate surface area is 127 Å². The number of carbonyl (C=O) groups excluding carboxylic acids is 1. The van der Waals surface area contributed by atoms with Gasteiger partial charge in [0.05, 0.1) is 27.1 Å². The number of nitrogens with zero attached hydrogens (tertiary/aromatic N) is 2. The number of hydrogen-bond acceptors (Lipinski definition) is 4. The van der Waals surface area contributed by atoms with Gasteiger partial charge in [0.2, 0.25) is 0 Å². The summed E-state index contributed by atoms with van der Waals surface area (Å²) >= 11 is 12.9. The van der Waals surface area contributed by atoms with Crippen LogP contribution < -0.4 is 10.6 Å². The fraction of sp³-hybridized carbons (Fsp3) is 0.200. The number of rotatable bonds is 3. The maximum absolute atomic E-state index is 11.7. The third-order valence-electron chi connectivity index (χ3n) is 2.40. The maximum Gasteiger partial charge on any atom is 0.325 e. The van der Waals surface area contributed by atoms with E-state index < -0.39 is 18.0 Å². The Bertz CT molecular complexity index is 673. The summed E-state index contributed by atoms with van der Waals surface area (Å²) in [7, 11) is 0. The fourth-order valence-electron chi connectivity index (χ4n) is 1.40. The van der Waals surface area contributed by atoms with E-state index in [-0.39, 0.29) is 10.7 Å². The quantitative estimate of drug-likeness (QED) is 0.801. The molecule has 0 aromatic heterocycles. The van der Waals surface area contributed by atoms with E-state index in [4.69, 9.17) is 28.3 Å². The van der Waals surface area contributed by atoms with E-state index >= 15 is 0 Å². The van der Waals surface area contributed by atoms with Crippen molar-refractivity contribution in [1.82, 2.24) is 5.32 Å². The molecule has 2 amide bonds. The first kappa shape index (κ1) is 14.8. The Kier molecular flexibility index (Phi) is 4.26. The average Bonchev–Trinajstić information content (AvgIpc) is 2.83. The van der Waals surface area contributed by atoms with Gasteiger partial charge in [0.1, 0.15) is 17.4 Å². The molecular formula is C10H8Cl2N4O3S. The summed E-state index contributed by atoms with van der Waals surface area (Å²) in [5.74, 6) is -1.15. The van der Waals surface area contributed by atoms with Crippen LogP contribution >= 0.6 is 23.2 Å². The minimum Gasteiger partial charge on any atom is -0.480 e. The second-order valence-electron chi connectivity index (χ2n) is 3.84. The van der Waals surface area contributed by atoms with Gasteiger partial charge in [-0.25, -0.2) is 4.79 Å². The first-order valence-corrected chi connectivity index (χ1v) is 6.79. The summed E-state index contributed by atoms with van der Waals surface area (Å²) in [6, 6.07) is -0.313. The lowest BCUT2D eigenvalue weighted by atomic mass is 10.2. The van der Waals surface area contributed by atoms with Crippen LogP contribution in [-0.2, 0) is 16.1 Å². The number of carboxylic acid groups (broad SMARTS) is 1. The molecule has 1 aromatic rings. The van der Waals surface area contributed by atoms with E-state index in [1.807, 2.05) is 0 Å². The molecule has 0 spiro atoms. The molecule has 3 N–H and O–H groups in total. The van der Waals surface area contributed by atoms with Crippen LogP contribution in [0, 0.1) is 0 Å². The summed E-state index contributed by atoms with van der Waals surface area (Å²) in [5, 5.41) is 13.9. The molecule has 2 rings (SSSR count). The zero-order valence-corrected chi connectivity index (χ0v) is 12.3. The van der Waals surface area contributed by atoms with Crippen molar-refractivity contribution in [3.05, 3.63) is 16.1 Å². The predicted molar refractivity (Wildman–Crippen MR) is 77.3 cm³/mol. The van der Waals surface area contributed by atoms with Crippen LogP contribution in [0.4, 0.5) is 21.9 Å². The number of halogens is 2. The van der Waals surface area contributed by atoms with Crippen molar-refractivity contribution in [2.45, 2.75) is 13.0 Å². The Morgan fingerprint density at radius 3 is 2.60 bits per heavy atom. The van der Waals surface area contributed by atoms with Gasteiger partial charge in [-0.05, 0) is 13.0 Å². The molecule has 106 valence electrons. The Morgan fingerprint density at radius 2 is 1.95 bits per heavy atom. The van der Waals surface area contributed by atoms with Crippen LogP contribution in [-0.4, -0.2) is 23.1 Å². The number of fused-ring (bicyclic) bond motifs is 1. The minimum absolute atomic E-state index is 0.188. The van der Waals surface area contributed by atoms with E-state index in [1.165, 1.54) is 13.0 Å². The van der Waals surface area contributed by atoms with Gasteiger partial charge in [-0.3, -0.25) is 4.79 Å². The smallest absolute Gasteiger partial charge is 0.325 e. The highest BCUT2D eigenvalue weighted by molar-refractivity contribution is 7.58. The van der Waals surface area contributed by atoms with Gasteiger partial charge in [0.15, 0.2) is 0 Å². The van der Waals surface area contributed by atoms with Crippen LogP contribution in [0.3, 0.4) is 0 Å². The normalized spacial score (nSPS) is 13.3. The molecule has 0 radical (unpaired) electrons. The minimum atomic E-state index is -1.15. The van der Waals surface area contributed by atoms with Crippen molar-refractivity contribution in [2.24, 2.45) is 8.73 Å². The third kappa shape index (κ3) is 2.92. The highest BCUT2D eigenvalue weighted by Gasteiger charge is 2.21. The monoisotopic (exact) mass is 334 g/mol. The Morgan fingerprint density at radius 1 is 1.30 bits per heavy atom. The van der Waals surface area contributed by atoms with Gasteiger partial charge in [-0.15, -0.1) is 0 Å². The number of carbonyl (C=O) groups is 2. The summed E-state index contributed by atoms with van der Waals surface area (Å²) in [6.45, 7) is 1.34. The molecule has 7 nitrogen and oxygen atoms in total. The zero-order chi connectivity index (χ0) is 14.9. The molecule has 0 aliphatic carbocycles. The van der Waals surface area contributed by atoms with E-state index in [0.29, 0.717) is 16.4 Å². The molecule has 0 bridgehead atoms. The van der Waals surface area contributed by atoms with E-state index in [0.717, 1.165) is 11.4 Å². The summed E-state index contributed by atoms with van der Waals surface area (Å²) < 4.78 is 8.00. The van der Waals surface area contributed by atoms with Gasteiger partial charge in [0.25, 0.3) is 0 Å². The number of benzene rings is 1. The largest absolute Gasteiger partial charge is 0.480 e. The molecule has 1 aromatic carbocycles. The second-order valence-corrected chi connectivity index (χ2v) is 5.18. The molecule has 0 unspecified atom stereocenters. The molecule has 0 saturated carbocycles. The van der Waals surface area contributed by atoms with Crippen molar-refractivity contribution in [2.75, 3.05) is 5.32 Å². The van der Waals surface area contributed by atoms with Crippen molar-refractivity contribution in [1.29, 1.82) is 0 Å². The van der Waals surface area contributed by atoms with Crippen LogP contribution in [0.25, 0.3) is 0 Å². The van der Waals surface area contributed by atoms with Gasteiger partial charge in [-0.1, -0.05) is 23.2 Å². The lowest BCUT2D eigenvalue weighted by Crippen LogP contribution is -2.40. The second kappa shape index (κ2) is 5.78. The maximum atomic E-state index is 11.7. The molecule has 0 fully saturated rings. The molecule has 20 heavy (non-hydrogen) atoms. The molecule has 1 aliphatic heterocycles.